The third-order valence-corrected chi connectivity index (χ3v) is 3.20. The van der Waals surface area contributed by atoms with Crippen molar-refractivity contribution in [2.45, 2.75) is 52.5 Å². The highest BCUT2D eigenvalue weighted by Crippen LogP contribution is 2.11. The minimum absolute atomic E-state index is 0.680. The van der Waals surface area contributed by atoms with Crippen LogP contribution < -0.4 is 5.32 Å². The molecule has 0 saturated carbocycles. The number of hydrogen-bond donors (Lipinski definition) is 1. The van der Waals surface area contributed by atoms with Gasteiger partial charge < -0.3 is 5.32 Å². The number of rotatable bonds is 7. The van der Waals surface area contributed by atoms with E-state index in [0.717, 1.165) is 6.54 Å². The average Bonchev–Trinajstić information content (AvgIpc) is 2.31. The summed E-state index contributed by atoms with van der Waals surface area (Å²) in [5, 5.41) is 3.61. The molecule has 1 atom stereocenters. The minimum Gasteiger partial charge on any atom is -0.314 e. The topological polar surface area (TPSA) is 12.0 Å². The Morgan fingerprint density at radius 1 is 1.19 bits per heavy atom. The summed E-state index contributed by atoms with van der Waals surface area (Å²) in [7, 11) is 0. The Balaban J connectivity index is 2.40. The molecule has 16 heavy (non-hydrogen) atoms. The summed E-state index contributed by atoms with van der Waals surface area (Å²) in [6.07, 6.45) is 4.90. The standard InChI is InChI=1S/C15H25N/c1-4-12-16-15(5-2)11-10-14-9-7-6-8-13(14)3/h6-9,15-16H,4-5,10-12H2,1-3H3. The molecule has 0 saturated heterocycles. The lowest BCUT2D eigenvalue weighted by molar-refractivity contribution is 0.468. The molecule has 90 valence electrons. The molecule has 1 heteroatoms. The van der Waals surface area contributed by atoms with E-state index in [2.05, 4.69) is 50.4 Å². The molecule has 1 aromatic carbocycles. The Labute approximate surface area is 100 Å². The van der Waals surface area contributed by atoms with E-state index in [-0.39, 0.29) is 0 Å². The Kier molecular flexibility index (Phi) is 6.17. The maximum absolute atomic E-state index is 3.61. The molecule has 0 aliphatic heterocycles. The monoisotopic (exact) mass is 219 g/mol. The van der Waals surface area contributed by atoms with Crippen LogP contribution in [0, 0.1) is 6.92 Å². The van der Waals surface area contributed by atoms with Crippen molar-refractivity contribution in [1.82, 2.24) is 5.32 Å². The van der Waals surface area contributed by atoms with Gasteiger partial charge >= 0.3 is 0 Å². The van der Waals surface area contributed by atoms with Gasteiger partial charge in [0.1, 0.15) is 0 Å². The van der Waals surface area contributed by atoms with Gasteiger partial charge in [0.25, 0.3) is 0 Å². The van der Waals surface area contributed by atoms with Crippen molar-refractivity contribution in [2.24, 2.45) is 0 Å². The van der Waals surface area contributed by atoms with E-state index in [4.69, 9.17) is 0 Å². The third-order valence-electron chi connectivity index (χ3n) is 3.20. The van der Waals surface area contributed by atoms with E-state index < -0.39 is 0 Å². The molecule has 0 radical (unpaired) electrons. The number of aryl methyl sites for hydroxylation is 2. The fourth-order valence-corrected chi connectivity index (χ4v) is 2.02. The predicted molar refractivity (Wildman–Crippen MR) is 71.9 cm³/mol. The molecule has 1 N–H and O–H groups in total. The van der Waals surface area contributed by atoms with Gasteiger partial charge in [-0.1, -0.05) is 38.1 Å². The van der Waals surface area contributed by atoms with Gasteiger partial charge in [0, 0.05) is 6.04 Å². The molecule has 0 aliphatic rings. The molecule has 0 aliphatic carbocycles. The van der Waals surface area contributed by atoms with E-state index in [1.54, 1.807) is 0 Å². The molecule has 0 bridgehead atoms. The predicted octanol–water partition coefficient (Wildman–Crippen LogP) is 3.71. The van der Waals surface area contributed by atoms with Crippen molar-refractivity contribution < 1.29 is 0 Å². The van der Waals surface area contributed by atoms with Crippen LogP contribution in [-0.2, 0) is 6.42 Å². The van der Waals surface area contributed by atoms with Crippen LogP contribution >= 0.6 is 0 Å². The van der Waals surface area contributed by atoms with Crippen molar-refractivity contribution in [1.29, 1.82) is 0 Å². The van der Waals surface area contributed by atoms with Gasteiger partial charge in [0.2, 0.25) is 0 Å². The van der Waals surface area contributed by atoms with Crippen LogP contribution in [0.5, 0.6) is 0 Å². The zero-order chi connectivity index (χ0) is 11.8. The van der Waals surface area contributed by atoms with E-state index >= 15 is 0 Å². The molecule has 1 unspecified atom stereocenters. The highest BCUT2D eigenvalue weighted by atomic mass is 14.9. The second-order valence-corrected chi connectivity index (χ2v) is 4.52. The first-order chi connectivity index (χ1) is 7.77. The highest BCUT2D eigenvalue weighted by molar-refractivity contribution is 5.25. The maximum Gasteiger partial charge on any atom is 0.00676 e. The largest absolute Gasteiger partial charge is 0.314 e. The van der Waals surface area contributed by atoms with Crippen LogP contribution in [-0.4, -0.2) is 12.6 Å². The molecular weight excluding hydrogens is 194 g/mol. The zero-order valence-corrected chi connectivity index (χ0v) is 10.9. The van der Waals surface area contributed by atoms with Crippen LogP contribution in [0.2, 0.25) is 0 Å². The Morgan fingerprint density at radius 3 is 2.56 bits per heavy atom. The van der Waals surface area contributed by atoms with Crippen LogP contribution in [0.15, 0.2) is 24.3 Å². The average molecular weight is 219 g/mol. The Hall–Kier alpha value is -0.820. The van der Waals surface area contributed by atoms with Crippen LogP contribution in [0.4, 0.5) is 0 Å². The fourth-order valence-electron chi connectivity index (χ4n) is 2.02. The fraction of sp³-hybridized carbons (Fsp3) is 0.600. The van der Waals surface area contributed by atoms with Crippen molar-refractivity contribution in [2.75, 3.05) is 6.54 Å². The second kappa shape index (κ2) is 7.45. The quantitative estimate of drug-likeness (QED) is 0.737. The first-order valence-electron chi connectivity index (χ1n) is 6.55. The molecule has 0 spiro atoms. The first-order valence-corrected chi connectivity index (χ1v) is 6.55. The van der Waals surface area contributed by atoms with E-state index in [1.807, 2.05) is 0 Å². The van der Waals surface area contributed by atoms with Gasteiger partial charge in [-0.15, -0.1) is 0 Å². The summed E-state index contributed by atoms with van der Waals surface area (Å²) in [5.41, 5.74) is 2.92. The molecule has 0 amide bonds. The number of benzene rings is 1. The first kappa shape index (κ1) is 13.2. The normalized spacial score (nSPS) is 12.7. The molecular formula is C15H25N. The van der Waals surface area contributed by atoms with Crippen molar-refractivity contribution in [3.63, 3.8) is 0 Å². The molecule has 1 nitrogen and oxygen atoms in total. The highest BCUT2D eigenvalue weighted by Gasteiger charge is 2.05. The lowest BCUT2D eigenvalue weighted by Crippen LogP contribution is -2.29. The van der Waals surface area contributed by atoms with Gasteiger partial charge in [-0.25, -0.2) is 0 Å². The lowest BCUT2D eigenvalue weighted by Gasteiger charge is -2.17. The summed E-state index contributed by atoms with van der Waals surface area (Å²) in [6.45, 7) is 7.84. The zero-order valence-electron chi connectivity index (χ0n) is 10.9. The minimum atomic E-state index is 0.680. The van der Waals surface area contributed by atoms with Gasteiger partial charge in [-0.3, -0.25) is 0 Å². The summed E-state index contributed by atoms with van der Waals surface area (Å²) in [5.74, 6) is 0. The molecule has 0 fully saturated rings. The van der Waals surface area contributed by atoms with E-state index in [0.29, 0.717) is 6.04 Å². The Bertz CT molecular complexity index is 293. The molecule has 0 aromatic heterocycles. The second-order valence-electron chi connectivity index (χ2n) is 4.52. The van der Waals surface area contributed by atoms with Crippen LogP contribution in [0.3, 0.4) is 0 Å². The van der Waals surface area contributed by atoms with Gasteiger partial charge in [0.05, 0.1) is 0 Å². The maximum atomic E-state index is 3.61. The molecule has 0 heterocycles. The summed E-state index contributed by atoms with van der Waals surface area (Å²) in [6, 6.07) is 9.39. The van der Waals surface area contributed by atoms with Crippen molar-refractivity contribution >= 4 is 0 Å². The van der Waals surface area contributed by atoms with Gasteiger partial charge in [0.15, 0.2) is 0 Å². The van der Waals surface area contributed by atoms with Gasteiger partial charge in [-0.2, -0.15) is 0 Å². The summed E-state index contributed by atoms with van der Waals surface area (Å²) in [4.78, 5) is 0. The smallest absolute Gasteiger partial charge is 0.00676 e. The van der Waals surface area contributed by atoms with E-state index in [1.165, 1.54) is 36.8 Å². The SMILES string of the molecule is CCCNC(CC)CCc1ccccc1C. The number of hydrogen-bond acceptors (Lipinski definition) is 1. The molecule has 1 aromatic rings. The lowest BCUT2D eigenvalue weighted by atomic mass is 10.00. The van der Waals surface area contributed by atoms with Gasteiger partial charge in [-0.05, 0) is 50.3 Å². The number of nitrogens with one attached hydrogen (secondary N) is 1. The summed E-state index contributed by atoms with van der Waals surface area (Å²) < 4.78 is 0. The van der Waals surface area contributed by atoms with E-state index in [9.17, 15) is 0 Å². The van der Waals surface area contributed by atoms with Crippen LogP contribution in [0.25, 0.3) is 0 Å². The van der Waals surface area contributed by atoms with Crippen LogP contribution in [0.1, 0.15) is 44.2 Å². The third kappa shape index (κ3) is 4.36. The summed E-state index contributed by atoms with van der Waals surface area (Å²) >= 11 is 0. The molecule has 1 rings (SSSR count). The van der Waals surface area contributed by atoms with Crippen molar-refractivity contribution in [3.05, 3.63) is 35.4 Å². The Morgan fingerprint density at radius 2 is 1.94 bits per heavy atom. The van der Waals surface area contributed by atoms with Crippen molar-refractivity contribution in [3.8, 4) is 0 Å².